The van der Waals surface area contributed by atoms with E-state index >= 15 is 0 Å². The van der Waals surface area contributed by atoms with Gasteiger partial charge >= 0.3 is 0 Å². The molecule has 0 fully saturated rings. The van der Waals surface area contributed by atoms with E-state index in [2.05, 4.69) is 43.0 Å². The summed E-state index contributed by atoms with van der Waals surface area (Å²) >= 11 is 0. The van der Waals surface area contributed by atoms with Gasteiger partial charge in [-0.1, -0.05) is 130 Å². The molecule has 1 aliphatic heterocycles. The highest BCUT2D eigenvalue weighted by molar-refractivity contribution is 4.96. The summed E-state index contributed by atoms with van der Waals surface area (Å²) in [6, 6.07) is 0. The maximum absolute atomic E-state index is 2.64. The lowest BCUT2D eigenvalue weighted by Crippen LogP contribution is -2.39. The van der Waals surface area contributed by atoms with Crippen LogP contribution in [0.5, 0.6) is 0 Å². The molecule has 0 saturated heterocycles. The van der Waals surface area contributed by atoms with Crippen molar-refractivity contribution >= 4 is 0 Å². The molecule has 0 aromatic rings. The standard InChI is InChI=1S/C28H56N2/c1-4-7-9-11-13-15-17-19-21-24-29-26-27-30(28(29)23-6-3)25-22-20-18-16-14-12-10-8-5-2/h26-28H,4-25H2,1-3H3. The number of hydrogen-bond donors (Lipinski definition) is 0. The van der Waals surface area contributed by atoms with Crippen LogP contribution >= 0.6 is 0 Å². The van der Waals surface area contributed by atoms with Gasteiger partial charge in [0.2, 0.25) is 0 Å². The van der Waals surface area contributed by atoms with E-state index in [-0.39, 0.29) is 0 Å². The van der Waals surface area contributed by atoms with Crippen LogP contribution < -0.4 is 0 Å². The van der Waals surface area contributed by atoms with Crippen molar-refractivity contribution in [2.75, 3.05) is 13.1 Å². The highest BCUT2D eigenvalue weighted by Gasteiger charge is 2.24. The van der Waals surface area contributed by atoms with Gasteiger partial charge in [-0.2, -0.15) is 0 Å². The fourth-order valence-electron chi connectivity index (χ4n) is 4.81. The van der Waals surface area contributed by atoms with Gasteiger partial charge in [0.25, 0.3) is 0 Å². The van der Waals surface area contributed by atoms with Gasteiger partial charge in [-0.15, -0.1) is 0 Å². The molecule has 2 nitrogen and oxygen atoms in total. The molecule has 30 heavy (non-hydrogen) atoms. The number of hydrogen-bond acceptors (Lipinski definition) is 2. The van der Waals surface area contributed by atoms with Crippen molar-refractivity contribution in [1.29, 1.82) is 0 Å². The second kappa shape index (κ2) is 20.3. The molecule has 0 N–H and O–H groups in total. The first kappa shape index (κ1) is 27.4. The lowest BCUT2D eigenvalue weighted by atomic mass is 10.1. The van der Waals surface area contributed by atoms with E-state index in [0.29, 0.717) is 6.17 Å². The van der Waals surface area contributed by atoms with Crippen LogP contribution in [0.4, 0.5) is 0 Å². The van der Waals surface area contributed by atoms with Crippen molar-refractivity contribution in [3.8, 4) is 0 Å². The first-order chi connectivity index (χ1) is 14.8. The molecular formula is C28H56N2. The quantitative estimate of drug-likeness (QED) is 0.161. The highest BCUT2D eigenvalue weighted by atomic mass is 15.4. The van der Waals surface area contributed by atoms with Gasteiger partial charge in [-0.25, -0.2) is 0 Å². The summed E-state index contributed by atoms with van der Waals surface area (Å²) in [5.41, 5.74) is 0. The molecule has 0 bridgehead atoms. The largest absolute Gasteiger partial charge is 0.356 e. The Balaban J connectivity index is 2.07. The zero-order valence-electron chi connectivity index (χ0n) is 21.2. The van der Waals surface area contributed by atoms with E-state index in [1.165, 1.54) is 142 Å². The van der Waals surface area contributed by atoms with Crippen LogP contribution in [0.1, 0.15) is 149 Å². The maximum Gasteiger partial charge on any atom is 0.101 e. The van der Waals surface area contributed by atoms with Crippen molar-refractivity contribution < 1.29 is 0 Å². The summed E-state index contributed by atoms with van der Waals surface area (Å²) in [5.74, 6) is 0. The third-order valence-electron chi connectivity index (χ3n) is 6.80. The van der Waals surface area contributed by atoms with Crippen LogP contribution in [-0.2, 0) is 0 Å². The van der Waals surface area contributed by atoms with Crippen LogP contribution in [-0.4, -0.2) is 29.1 Å². The van der Waals surface area contributed by atoms with Crippen molar-refractivity contribution in [3.05, 3.63) is 12.4 Å². The summed E-state index contributed by atoms with van der Waals surface area (Å²) < 4.78 is 0. The van der Waals surface area contributed by atoms with E-state index < -0.39 is 0 Å². The summed E-state index contributed by atoms with van der Waals surface area (Å²) in [7, 11) is 0. The fourth-order valence-corrected chi connectivity index (χ4v) is 4.81. The van der Waals surface area contributed by atoms with Crippen molar-refractivity contribution in [2.24, 2.45) is 0 Å². The first-order valence-corrected chi connectivity index (χ1v) is 14.0. The Kier molecular flexibility index (Phi) is 18.5. The van der Waals surface area contributed by atoms with Gasteiger partial charge in [0.15, 0.2) is 0 Å². The first-order valence-electron chi connectivity index (χ1n) is 14.0. The Morgan fingerprint density at radius 3 is 1.10 bits per heavy atom. The predicted molar refractivity (Wildman–Crippen MR) is 136 cm³/mol. The van der Waals surface area contributed by atoms with Crippen LogP contribution in [0.2, 0.25) is 0 Å². The van der Waals surface area contributed by atoms with Crippen molar-refractivity contribution in [1.82, 2.24) is 9.80 Å². The van der Waals surface area contributed by atoms with Crippen molar-refractivity contribution in [3.63, 3.8) is 0 Å². The Bertz CT molecular complexity index is 347. The number of unbranched alkanes of at least 4 members (excludes halogenated alkanes) is 16. The Morgan fingerprint density at radius 2 is 0.767 bits per heavy atom. The zero-order valence-corrected chi connectivity index (χ0v) is 21.2. The van der Waals surface area contributed by atoms with E-state index in [4.69, 9.17) is 0 Å². The minimum absolute atomic E-state index is 0.637. The lowest BCUT2D eigenvalue weighted by Gasteiger charge is -2.33. The summed E-state index contributed by atoms with van der Waals surface area (Å²) in [6.07, 6.45) is 33.6. The topological polar surface area (TPSA) is 6.48 Å². The van der Waals surface area contributed by atoms with Gasteiger partial charge in [-0.3, -0.25) is 0 Å². The summed E-state index contributed by atoms with van der Waals surface area (Å²) in [5, 5.41) is 0. The van der Waals surface area contributed by atoms with E-state index in [1.54, 1.807) is 0 Å². The molecule has 1 rings (SSSR count). The average Bonchev–Trinajstić information content (AvgIpc) is 3.13. The summed E-state index contributed by atoms with van der Waals surface area (Å²) in [6.45, 7) is 9.45. The fraction of sp³-hybridized carbons (Fsp3) is 0.929. The Hall–Kier alpha value is -0.660. The van der Waals surface area contributed by atoms with Gasteiger partial charge in [-0.05, 0) is 19.3 Å². The average molecular weight is 421 g/mol. The minimum Gasteiger partial charge on any atom is -0.356 e. The van der Waals surface area contributed by atoms with Crippen LogP contribution in [0.25, 0.3) is 0 Å². The molecule has 1 heterocycles. The van der Waals surface area contributed by atoms with Gasteiger partial charge in [0, 0.05) is 25.5 Å². The molecular weight excluding hydrogens is 364 g/mol. The number of rotatable bonds is 22. The second-order valence-corrected chi connectivity index (χ2v) is 9.70. The molecule has 0 spiro atoms. The van der Waals surface area contributed by atoms with Crippen molar-refractivity contribution in [2.45, 2.75) is 155 Å². The highest BCUT2D eigenvalue weighted by Crippen LogP contribution is 2.22. The zero-order chi connectivity index (χ0) is 21.7. The van der Waals surface area contributed by atoms with Crippen LogP contribution in [0.3, 0.4) is 0 Å². The minimum atomic E-state index is 0.637. The molecule has 0 atom stereocenters. The maximum atomic E-state index is 2.64. The molecule has 0 radical (unpaired) electrons. The molecule has 0 amide bonds. The molecule has 0 saturated carbocycles. The van der Waals surface area contributed by atoms with Gasteiger partial charge in [0.05, 0.1) is 0 Å². The third-order valence-corrected chi connectivity index (χ3v) is 6.80. The molecule has 0 aromatic heterocycles. The van der Waals surface area contributed by atoms with Crippen LogP contribution in [0.15, 0.2) is 12.4 Å². The molecule has 1 aliphatic rings. The lowest BCUT2D eigenvalue weighted by molar-refractivity contribution is 0.138. The third kappa shape index (κ3) is 13.6. The summed E-state index contributed by atoms with van der Waals surface area (Å²) in [4.78, 5) is 5.27. The molecule has 2 heteroatoms. The van der Waals surface area contributed by atoms with E-state index in [0.717, 1.165) is 0 Å². The van der Waals surface area contributed by atoms with Gasteiger partial charge < -0.3 is 9.80 Å². The molecule has 0 unspecified atom stereocenters. The molecule has 0 aliphatic carbocycles. The molecule has 178 valence electrons. The molecule has 0 aromatic carbocycles. The monoisotopic (exact) mass is 420 g/mol. The normalized spacial score (nSPS) is 14.4. The predicted octanol–water partition coefficient (Wildman–Crippen LogP) is 9.26. The van der Waals surface area contributed by atoms with E-state index in [1.807, 2.05) is 0 Å². The Morgan fingerprint density at radius 1 is 0.433 bits per heavy atom. The number of nitrogens with zero attached hydrogens (tertiary/aromatic N) is 2. The second-order valence-electron chi connectivity index (χ2n) is 9.70. The van der Waals surface area contributed by atoms with Crippen LogP contribution in [0, 0.1) is 0 Å². The Labute approximate surface area is 190 Å². The SMILES string of the molecule is CCCCCCCCCCCN1C=CN(CCCCCCCCCCC)C1CCC. The van der Waals surface area contributed by atoms with E-state index in [9.17, 15) is 0 Å². The van der Waals surface area contributed by atoms with Gasteiger partial charge in [0.1, 0.15) is 6.17 Å². The smallest absolute Gasteiger partial charge is 0.101 e.